The molecule has 0 radical (unpaired) electrons. The van der Waals surface area contributed by atoms with E-state index in [-0.39, 0.29) is 6.61 Å². The third-order valence-corrected chi connectivity index (χ3v) is 2.39. The second-order valence-electron chi connectivity index (χ2n) is 3.72. The maximum Gasteiger partial charge on any atom is 0.328 e. The Hall–Kier alpha value is -1.75. The number of carbonyl (C=O) groups excluding carboxylic acids is 2. The van der Waals surface area contributed by atoms with Gasteiger partial charge in [-0.2, -0.15) is 0 Å². The molecule has 0 spiro atoms. The van der Waals surface area contributed by atoms with Gasteiger partial charge in [0, 0.05) is 16.3 Å². The Morgan fingerprint density at radius 2 is 2.11 bits per heavy atom. The Morgan fingerprint density at radius 3 is 2.67 bits per heavy atom. The molecule has 0 saturated heterocycles. The summed E-state index contributed by atoms with van der Waals surface area (Å²) in [5.41, 5.74) is 6.27. The van der Waals surface area contributed by atoms with Crippen molar-refractivity contribution in [3.63, 3.8) is 0 Å². The molecule has 1 aromatic rings. The van der Waals surface area contributed by atoms with Crippen LogP contribution in [0.3, 0.4) is 0 Å². The number of ether oxygens (including phenoxy) is 1. The van der Waals surface area contributed by atoms with E-state index in [9.17, 15) is 9.59 Å². The highest BCUT2D eigenvalue weighted by molar-refractivity contribution is 6.31. The molecule has 0 aromatic heterocycles. The SMILES string of the molecule is CCOC(=O)C(C)NC(=O)c1cc(N)cc(Cl)c1. The van der Waals surface area contributed by atoms with Crippen LogP contribution in [0.4, 0.5) is 5.69 Å². The standard InChI is InChI=1S/C12H15ClN2O3/c1-3-18-12(17)7(2)15-11(16)8-4-9(13)6-10(14)5-8/h4-7H,3,14H2,1-2H3,(H,15,16). The quantitative estimate of drug-likeness (QED) is 0.643. The number of amides is 1. The first-order valence-electron chi connectivity index (χ1n) is 5.47. The molecule has 0 heterocycles. The Bertz CT molecular complexity index is 442. The first kappa shape index (κ1) is 14.3. The van der Waals surface area contributed by atoms with Gasteiger partial charge in [0.15, 0.2) is 0 Å². The van der Waals surface area contributed by atoms with Crippen LogP contribution in [0.25, 0.3) is 0 Å². The van der Waals surface area contributed by atoms with E-state index in [2.05, 4.69) is 5.32 Å². The number of esters is 1. The lowest BCUT2D eigenvalue weighted by Crippen LogP contribution is -2.39. The Morgan fingerprint density at radius 1 is 1.44 bits per heavy atom. The van der Waals surface area contributed by atoms with Crippen LogP contribution in [0.1, 0.15) is 24.2 Å². The summed E-state index contributed by atoms with van der Waals surface area (Å²) < 4.78 is 4.78. The molecular weight excluding hydrogens is 256 g/mol. The van der Waals surface area contributed by atoms with Gasteiger partial charge < -0.3 is 15.8 Å². The highest BCUT2D eigenvalue weighted by Gasteiger charge is 2.17. The first-order valence-corrected chi connectivity index (χ1v) is 5.85. The van der Waals surface area contributed by atoms with Crippen LogP contribution >= 0.6 is 11.6 Å². The third-order valence-electron chi connectivity index (χ3n) is 2.17. The smallest absolute Gasteiger partial charge is 0.328 e. The van der Waals surface area contributed by atoms with Gasteiger partial charge in [0.25, 0.3) is 5.91 Å². The van der Waals surface area contributed by atoms with Crippen molar-refractivity contribution in [3.05, 3.63) is 28.8 Å². The third kappa shape index (κ3) is 3.92. The van der Waals surface area contributed by atoms with Crippen molar-refractivity contribution in [2.24, 2.45) is 0 Å². The minimum atomic E-state index is -0.724. The summed E-state index contributed by atoms with van der Waals surface area (Å²) in [5, 5.41) is 2.87. The van der Waals surface area contributed by atoms with Gasteiger partial charge in [-0.3, -0.25) is 4.79 Å². The molecule has 1 atom stereocenters. The fourth-order valence-corrected chi connectivity index (χ4v) is 1.59. The molecular formula is C12H15ClN2O3. The van der Waals surface area contributed by atoms with E-state index in [0.29, 0.717) is 16.3 Å². The zero-order valence-corrected chi connectivity index (χ0v) is 11.0. The lowest BCUT2D eigenvalue weighted by Gasteiger charge is -2.12. The summed E-state index contributed by atoms with van der Waals surface area (Å²) in [6.45, 7) is 3.51. The zero-order chi connectivity index (χ0) is 13.7. The summed E-state index contributed by atoms with van der Waals surface area (Å²) >= 11 is 5.79. The van der Waals surface area contributed by atoms with Crippen molar-refractivity contribution in [1.82, 2.24) is 5.32 Å². The Labute approximate surface area is 110 Å². The molecule has 6 heteroatoms. The number of carbonyl (C=O) groups is 2. The Kier molecular flexibility index (Phi) is 4.97. The predicted octanol–water partition coefficient (Wildman–Crippen LogP) is 1.60. The molecule has 1 amide bonds. The molecule has 18 heavy (non-hydrogen) atoms. The van der Waals surface area contributed by atoms with Crippen LogP contribution in [0.5, 0.6) is 0 Å². The summed E-state index contributed by atoms with van der Waals surface area (Å²) in [7, 11) is 0. The largest absolute Gasteiger partial charge is 0.464 e. The lowest BCUT2D eigenvalue weighted by atomic mass is 10.2. The maximum atomic E-state index is 11.8. The van der Waals surface area contributed by atoms with E-state index in [0.717, 1.165) is 0 Å². The average Bonchev–Trinajstić information content (AvgIpc) is 2.27. The predicted molar refractivity (Wildman–Crippen MR) is 69.4 cm³/mol. The number of anilines is 1. The van der Waals surface area contributed by atoms with Gasteiger partial charge in [0.1, 0.15) is 6.04 Å². The van der Waals surface area contributed by atoms with Crippen molar-refractivity contribution in [1.29, 1.82) is 0 Å². The van der Waals surface area contributed by atoms with Crippen LogP contribution in [-0.4, -0.2) is 24.5 Å². The fourth-order valence-electron chi connectivity index (χ4n) is 1.35. The number of benzene rings is 1. The number of nitrogen functional groups attached to an aromatic ring is 1. The van der Waals surface area contributed by atoms with Gasteiger partial charge in [-0.1, -0.05) is 11.6 Å². The monoisotopic (exact) mass is 270 g/mol. The number of nitrogens with one attached hydrogen (secondary N) is 1. The summed E-state index contributed by atoms with van der Waals surface area (Å²) in [4.78, 5) is 23.2. The van der Waals surface area contributed by atoms with E-state index in [1.54, 1.807) is 13.8 Å². The van der Waals surface area contributed by atoms with Crippen LogP contribution in [-0.2, 0) is 9.53 Å². The minimum absolute atomic E-state index is 0.267. The molecule has 1 unspecified atom stereocenters. The summed E-state index contributed by atoms with van der Waals surface area (Å²) in [6, 6.07) is 3.77. The number of halogens is 1. The fraction of sp³-hybridized carbons (Fsp3) is 0.333. The van der Waals surface area contributed by atoms with Crippen molar-refractivity contribution in [2.75, 3.05) is 12.3 Å². The second-order valence-corrected chi connectivity index (χ2v) is 4.16. The van der Waals surface area contributed by atoms with E-state index >= 15 is 0 Å². The van der Waals surface area contributed by atoms with Gasteiger partial charge in [-0.05, 0) is 32.0 Å². The molecule has 0 aliphatic heterocycles. The molecule has 3 N–H and O–H groups in total. The average molecular weight is 271 g/mol. The topological polar surface area (TPSA) is 81.4 Å². The highest BCUT2D eigenvalue weighted by Crippen LogP contribution is 2.16. The number of rotatable bonds is 4. The number of hydrogen-bond acceptors (Lipinski definition) is 4. The van der Waals surface area contributed by atoms with Crippen molar-refractivity contribution in [2.45, 2.75) is 19.9 Å². The summed E-state index contributed by atoms with van der Waals surface area (Å²) in [6.07, 6.45) is 0. The van der Waals surface area contributed by atoms with Crippen molar-refractivity contribution < 1.29 is 14.3 Å². The second kappa shape index (κ2) is 6.26. The van der Waals surface area contributed by atoms with Gasteiger partial charge >= 0.3 is 5.97 Å². The Balaban J connectivity index is 2.73. The maximum absolute atomic E-state index is 11.8. The van der Waals surface area contributed by atoms with E-state index < -0.39 is 17.9 Å². The first-order chi connectivity index (χ1) is 8.43. The van der Waals surface area contributed by atoms with E-state index in [1.807, 2.05) is 0 Å². The summed E-state index contributed by atoms with van der Waals surface area (Å²) in [5.74, 6) is -0.911. The normalized spacial score (nSPS) is 11.7. The minimum Gasteiger partial charge on any atom is -0.464 e. The molecule has 0 bridgehead atoms. The lowest BCUT2D eigenvalue weighted by molar-refractivity contribution is -0.144. The molecule has 0 aliphatic rings. The van der Waals surface area contributed by atoms with Gasteiger partial charge in [0.05, 0.1) is 6.61 Å². The highest BCUT2D eigenvalue weighted by atomic mass is 35.5. The number of nitrogens with two attached hydrogens (primary N) is 1. The van der Waals surface area contributed by atoms with Crippen molar-refractivity contribution >= 4 is 29.2 Å². The molecule has 98 valence electrons. The molecule has 1 aromatic carbocycles. The number of hydrogen-bond donors (Lipinski definition) is 2. The zero-order valence-electron chi connectivity index (χ0n) is 10.2. The van der Waals surface area contributed by atoms with Crippen LogP contribution in [0.2, 0.25) is 5.02 Å². The molecule has 0 fully saturated rings. The molecule has 0 aliphatic carbocycles. The molecule has 0 saturated carbocycles. The molecule has 5 nitrogen and oxygen atoms in total. The molecule has 1 rings (SSSR count). The van der Waals surface area contributed by atoms with E-state index in [4.69, 9.17) is 22.1 Å². The van der Waals surface area contributed by atoms with Crippen molar-refractivity contribution in [3.8, 4) is 0 Å². The van der Waals surface area contributed by atoms with Gasteiger partial charge in [0.2, 0.25) is 0 Å². The van der Waals surface area contributed by atoms with E-state index in [1.165, 1.54) is 18.2 Å². The van der Waals surface area contributed by atoms with Crippen LogP contribution in [0.15, 0.2) is 18.2 Å². The van der Waals surface area contributed by atoms with Gasteiger partial charge in [-0.25, -0.2) is 4.79 Å². The van der Waals surface area contributed by atoms with Crippen LogP contribution in [0, 0.1) is 0 Å². The van der Waals surface area contributed by atoms with Gasteiger partial charge in [-0.15, -0.1) is 0 Å². The van der Waals surface area contributed by atoms with Crippen LogP contribution < -0.4 is 11.1 Å².